The van der Waals surface area contributed by atoms with Crippen LogP contribution in [0.1, 0.15) is 16.1 Å². The fourth-order valence-electron chi connectivity index (χ4n) is 2.14. The molecule has 0 spiro atoms. The van der Waals surface area contributed by atoms with E-state index in [1.165, 1.54) is 18.6 Å². The third-order valence-electron chi connectivity index (χ3n) is 3.16. The van der Waals surface area contributed by atoms with Crippen molar-refractivity contribution in [1.29, 1.82) is 0 Å². The Morgan fingerprint density at radius 2 is 2.05 bits per heavy atom. The number of benzene rings is 1. The topological polar surface area (TPSA) is 64.6 Å². The van der Waals surface area contributed by atoms with Gasteiger partial charge < -0.3 is 14.4 Å². The molecule has 0 radical (unpaired) electrons. The Balaban J connectivity index is 1.73. The first-order valence-corrected chi connectivity index (χ1v) is 6.64. The smallest absolute Gasteiger partial charge is 0.274 e. The highest BCUT2D eigenvalue weighted by atomic mass is 16.6. The number of carbonyl (C=O) groups excluding carboxylic acids is 1. The lowest BCUT2D eigenvalue weighted by atomic mass is 10.2. The summed E-state index contributed by atoms with van der Waals surface area (Å²) in [5.74, 6) is 1.30. The summed E-state index contributed by atoms with van der Waals surface area (Å²) in [5.41, 5.74) is 1.30. The Labute approximate surface area is 122 Å². The quantitative estimate of drug-likeness (QED) is 0.855. The van der Waals surface area contributed by atoms with Gasteiger partial charge in [0.05, 0.1) is 6.20 Å². The van der Waals surface area contributed by atoms with Crippen LogP contribution >= 0.6 is 0 Å². The molecule has 2 heterocycles. The Bertz CT molecular complexity index is 646. The predicted octanol–water partition coefficient (Wildman–Crippen LogP) is 1.52. The lowest BCUT2D eigenvalue weighted by molar-refractivity contribution is 0.0778. The zero-order chi connectivity index (χ0) is 14.7. The number of amides is 1. The normalized spacial score (nSPS) is 12.8. The number of fused-ring (bicyclic) bond motifs is 1. The van der Waals surface area contributed by atoms with Gasteiger partial charge in [0.25, 0.3) is 5.91 Å². The van der Waals surface area contributed by atoms with E-state index in [0.29, 0.717) is 25.5 Å². The molecule has 0 aliphatic carbocycles. The Hall–Kier alpha value is -2.63. The number of carbonyl (C=O) groups is 1. The van der Waals surface area contributed by atoms with Crippen LogP contribution in [0.3, 0.4) is 0 Å². The van der Waals surface area contributed by atoms with Crippen LogP contribution in [0.5, 0.6) is 11.5 Å². The Kier molecular flexibility index (Phi) is 3.68. The molecule has 6 nitrogen and oxygen atoms in total. The highest BCUT2D eigenvalue weighted by molar-refractivity contribution is 5.91. The van der Waals surface area contributed by atoms with E-state index in [0.717, 1.165) is 17.1 Å². The van der Waals surface area contributed by atoms with Crippen LogP contribution in [0.2, 0.25) is 0 Å². The number of ether oxygens (including phenoxy) is 2. The van der Waals surface area contributed by atoms with Crippen LogP contribution in [-0.4, -0.2) is 41.0 Å². The fourth-order valence-corrected chi connectivity index (χ4v) is 2.14. The second-order valence-electron chi connectivity index (χ2n) is 4.73. The lowest BCUT2D eigenvalue weighted by Crippen LogP contribution is -2.27. The second-order valence-corrected chi connectivity index (χ2v) is 4.73. The van der Waals surface area contributed by atoms with Gasteiger partial charge in [0.2, 0.25) is 0 Å². The third kappa shape index (κ3) is 2.94. The van der Waals surface area contributed by atoms with Gasteiger partial charge in [-0.1, -0.05) is 6.07 Å². The first kappa shape index (κ1) is 13.4. The van der Waals surface area contributed by atoms with Crippen LogP contribution in [0, 0.1) is 0 Å². The minimum atomic E-state index is -0.169. The third-order valence-corrected chi connectivity index (χ3v) is 3.16. The number of nitrogens with zero attached hydrogens (tertiary/aromatic N) is 3. The molecule has 0 N–H and O–H groups in total. The molecule has 108 valence electrons. The summed E-state index contributed by atoms with van der Waals surface area (Å²) >= 11 is 0. The van der Waals surface area contributed by atoms with E-state index in [4.69, 9.17) is 9.47 Å². The molecular formula is C15H15N3O3. The molecule has 0 fully saturated rings. The molecule has 0 saturated carbocycles. The maximum atomic E-state index is 12.2. The van der Waals surface area contributed by atoms with Crippen molar-refractivity contribution >= 4 is 5.91 Å². The van der Waals surface area contributed by atoms with Crippen molar-refractivity contribution in [2.24, 2.45) is 0 Å². The van der Waals surface area contributed by atoms with E-state index in [-0.39, 0.29) is 5.91 Å². The van der Waals surface area contributed by atoms with Crippen LogP contribution in [0.4, 0.5) is 0 Å². The van der Waals surface area contributed by atoms with Gasteiger partial charge in [-0.2, -0.15) is 0 Å². The molecule has 0 unspecified atom stereocenters. The summed E-state index contributed by atoms with van der Waals surface area (Å²) in [5, 5.41) is 0. The van der Waals surface area contributed by atoms with Crippen molar-refractivity contribution in [1.82, 2.24) is 14.9 Å². The summed E-state index contributed by atoms with van der Waals surface area (Å²) in [6.07, 6.45) is 4.51. The molecule has 1 aliphatic heterocycles. The monoisotopic (exact) mass is 285 g/mol. The van der Waals surface area contributed by atoms with E-state index in [1.807, 2.05) is 18.2 Å². The van der Waals surface area contributed by atoms with Crippen LogP contribution < -0.4 is 9.47 Å². The van der Waals surface area contributed by atoms with Gasteiger partial charge in [0, 0.05) is 26.0 Å². The highest BCUT2D eigenvalue weighted by Gasteiger charge is 2.16. The van der Waals surface area contributed by atoms with E-state index >= 15 is 0 Å². The van der Waals surface area contributed by atoms with Crippen molar-refractivity contribution in [2.45, 2.75) is 6.54 Å². The number of rotatable bonds is 3. The number of aromatic nitrogens is 2. The average Bonchev–Trinajstić information content (AvgIpc) is 2.55. The van der Waals surface area contributed by atoms with Crippen LogP contribution in [-0.2, 0) is 6.54 Å². The van der Waals surface area contributed by atoms with Crippen molar-refractivity contribution in [3.8, 4) is 11.5 Å². The van der Waals surface area contributed by atoms with Gasteiger partial charge in [-0.15, -0.1) is 0 Å². The first-order chi connectivity index (χ1) is 10.2. The van der Waals surface area contributed by atoms with Crippen molar-refractivity contribution < 1.29 is 14.3 Å². The number of hydrogen-bond donors (Lipinski definition) is 0. The zero-order valence-electron chi connectivity index (χ0n) is 11.7. The molecule has 2 aromatic rings. The Morgan fingerprint density at radius 3 is 2.81 bits per heavy atom. The minimum absolute atomic E-state index is 0.169. The highest BCUT2D eigenvalue weighted by Crippen LogP contribution is 2.31. The molecule has 1 aromatic heterocycles. The SMILES string of the molecule is CN(Cc1ccc2c(c1)OCCO2)C(=O)c1cnccn1. The average molecular weight is 285 g/mol. The Morgan fingerprint density at radius 1 is 1.24 bits per heavy atom. The fraction of sp³-hybridized carbons (Fsp3) is 0.267. The standard InChI is InChI=1S/C15H15N3O3/c1-18(15(19)12-9-16-4-5-17-12)10-11-2-3-13-14(8-11)21-7-6-20-13/h2-5,8-9H,6-7,10H2,1H3. The predicted molar refractivity (Wildman–Crippen MR) is 75.3 cm³/mol. The lowest BCUT2D eigenvalue weighted by Gasteiger charge is -2.21. The van der Waals surface area contributed by atoms with Crippen LogP contribution in [0.15, 0.2) is 36.8 Å². The van der Waals surface area contributed by atoms with E-state index in [9.17, 15) is 4.79 Å². The molecule has 1 aliphatic rings. The van der Waals surface area contributed by atoms with Gasteiger partial charge >= 0.3 is 0 Å². The van der Waals surface area contributed by atoms with E-state index in [2.05, 4.69) is 9.97 Å². The van der Waals surface area contributed by atoms with E-state index < -0.39 is 0 Å². The molecule has 3 rings (SSSR count). The number of hydrogen-bond acceptors (Lipinski definition) is 5. The van der Waals surface area contributed by atoms with Gasteiger partial charge in [-0.25, -0.2) is 4.98 Å². The summed E-state index contributed by atoms with van der Waals surface area (Å²) in [6.45, 7) is 1.58. The molecule has 6 heteroatoms. The zero-order valence-corrected chi connectivity index (χ0v) is 11.7. The summed E-state index contributed by atoms with van der Waals surface area (Å²) in [6, 6.07) is 5.69. The van der Waals surface area contributed by atoms with Crippen molar-refractivity contribution in [3.63, 3.8) is 0 Å². The summed E-state index contributed by atoms with van der Waals surface area (Å²) in [7, 11) is 1.73. The largest absolute Gasteiger partial charge is 0.486 e. The molecule has 1 aromatic carbocycles. The van der Waals surface area contributed by atoms with Crippen molar-refractivity contribution in [3.05, 3.63) is 48.0 Å². The molecule has 1 amide bonds. The molecule has 0 saturated heterocycles. The molecular weight excluding hydrogens is 270 g/mol. The van der Waals surface area contributed by atoms with E-state index in [1.54, 1.807) is 11.9 Å². The summed E-state index contributed by atoms with van der Waals surface area (Å²) < 4.78 is 11.0. The minimum Gasteiger partial charge on any atom is -0.486 e. The van der Waals surface area contributed by atoms with Crippen LogP contribution in [0.25, 0.3) is 0 Å². The molecule has 21 heavy (non-hydrogen) atoms. The maximum absolute atomic E-state index is 12.2. The molecule has 0 atom stereocenters. The maximum Gasteiger partial charge on any atom is 0.274 e. The van der Waals surface area contributed by atoms with Gasteiger partial charge in [0.15, 0.2) is 11.5 Å². The van der Waals surface area contributed by atoms with Gasteiger partial charge in [0.1, 0.15) is 18.9 Å². The first-order valence-electron chi connectivity index (χ1n) is 6.64. The van der Waals surface area contributed by atoms with Gasteiger partial charge in [-0.3, -0.25) is 9.78 Å². The second kappa shape index (κ2) is 5.78. The van der Waals surface area contributed by atoms with Crippen molar-refractivity contribution in [2.75, 3.05) is 20.3 Å². The molecule has 0 bridgehead atoms. The van der Waals surface area contributed by atoms with Gasteiger partial charge in [-0.05, 0) is 17.7 Å². The summed E-state index contributed by atoms with van der Waals surface area (Å²) in [4.78, 5) is 21.7.